The molecular formula is C21H28N4O. The van der Waals surface area contributed by atoms with Crippen molar-refractivity contribution in [3.8, 4) is 0 Å². The summed E-state index contributed by atoms with van der Waals surface area (Å²) in [6.07, 6.45) is 0. The number of likely N-dealkylation sites (N-methyl/N-ethyl adjacent to an activating group) is 1. The van der Waals surface area contributed by atoms with Crippen LogP contribution in [0.3, 0.4) is 0 Å². The van der Waals surface area contributed by atoms with Crippen LogP contribution in [-0.4, -0.2) is 43.5 Å². The monoisotopic (exact) mass is 352 g/mol. The van der Waals surface area contributed by atoms with Crippen molar-refractivity contribution in [2.75, 3.05) is 48.7 Å². The van der Waals surface area contributed by atoms with E-state index in [1.807, 2.05) is 43.3 Å². The number of nitrogens with one attached hydrogen (secondary N) is 1. The van der Waals surface area contributed by atoms with Gasteiger partial charge in [-0.15, -0.1) is 0 Å². The Labute approximate surface area is 155 Å². The number of benzene rings is 2. The van der Waals surface area contributed by atoms with Crippen molar-refractivity contribution >= 4 is 23.0 Å². The van der Waals surface area contributed by atoms with Gasteiger partial charge in [0.2, 0.25) is 0 Å². The van der Waals surface area contributed by atoms with Crippen LogP contribution in [0.15, 0.2) is 36.4 Å². The minimum atomic E-state index is -0.137. The van der Waals surface area contributed by atoms with Crippen molar-refractivity contribution in [1.29, 1.82) is 0 Å². The fraction of sp³-hybridized carbons (Fsp3) is 0.381. The number of amides is 1. The largest absolute Gasteiger partial charge is 0.397 e. The average Bonchev–Trinajstić information content (AvgIpc) is 2.64. The van der Waals surface area contributed by atoms with Crippen LogP contribution in [0.1, 0.15) is 28.4 Å². The normalized spacial score (nSPS) is 15.1. The first-order chi connectivity index (χ1) is 12.5. The van der Waals surface area contributed by atoms with Gasteiger partial charge in [0.15, 0.2) is 0 Å². The van der Waals surface area contributed by atoms with Crippen LogP contribution in [0.2, 0.25) is 0 Å². The maximum atomic E-state index is 12.5. The zero-order valence-corrected chi connectivity index (χ0v) is 15.9. The van der Waals surface area contributed by atoms with E-state index in [0.717, 1.165) is 49.5 Å². The molecule has 0 bridgehead atoms. The third-order valence-electron chi connectivity index (χ3n) is 5.09. The first-order valence-electron chi connectivity index (χ1n) is 9.23. The highest BCUT2D eigenvalue weighted by atomic mass is 16.1. The van der Waals surface area contributed by atoms with Gasteiger partial charge in [0.25, 0.3) is 5.91 Å². The quantitative estimate of drug-likeness (QED) is 0.829. The first kappa shape index (κ1) is 18.3. The maximum absolute atomic E-state index is 12.5. The number of hydrogen-bond donors (Lipinski definition) is 2. The minimum Gasteiger partial charge on any atom is -0.397 e. The molecular weight excluding hydrogens is 324 g/mol. The molecule has 138 valence electrons. The number of anilines is 3. The van der Waals surface area contributed by atoms with Crippen LogP contribution in [-0.2, 0) is 0 Å². The average molecular weight is 352 g/mol. The Bertz CT molecular complexity index is 777. The van der Waals surface area contributed by atoms with Crippen LogP contribution in [0.5, 0.6) is 0 Å². The van der Waals surface area contributed by atoms with E-state index >= 15 is 0 Å². The standard InChI is InChI=1S/C21H28N4O/c1-4-24-9-11-25(12-10-24)20-14-19(18(22)13-16(20)3)23-21(26)17-7-5-15(2)6-8-17/h5-8,13-14H,4,9-12,22H2,1-3H3,(H,23,26). The minimum absolute atomic E-state index is 0.137. The highest BCUT2D eigenvalue weighted by Gasteiger charge is 2.19. The summed E-state index contributed by atoms with van der Waals surface area (Å²) in [5, 5.41) is 2.97. The molecule has 1 fully saturated rings. The van der Waals surface area contributed by atoms with Gasteiger partial charge in [0.05, 0.1) is 11.4 Å². The second kappa shape index (κ2) is 7.79. The van der Waals surface area contributed by atoms with Crippen molar-refractivity contribution < 1.29 is 4.79 Å². The van der Waals surface area contributed by atoms with Crippen LogP contribution in [0.4, 0.5) is 17.1 Å². The van der Waals surface area contributed by atoms with Crippen molar-refractivity contribution in [3.63, 3.8) is 0 Å². The first-order valence-corrected chi connectivity index (χ1v) is 9.23. The summed E-state index contributed by atoms with van der Waals surface area (Å²) in [6.45, 7) is 11.5. The maximum Gasteiger partial charge on any atom is 0.255 e. The van der Waals surface area contributed by atoms with Crippen molar-refractivity contribution in [2.45, 2.75) is 20.8 Å². The molecule has 1 aliphatic rings. The topological polar surface area (TPSA) is 61.6 Å². The van der Waals surface area contributed by atoms with E-state index < -0.39 is 0 Å². The zero-order valence-electron chi connectivity index (χ0n) is 15.9. The van der Waals surface area contributed by atoms with Gasteiger partial charge in [-0.25, -0.2) is 0 Å². The third kappa shape index (κ3) is 3.99. The summed E-state index contributed by atoms with van der Waals surface area (Å²) in [5.41, 5.74) is 11.5. The smallest absolute Gasteiger partial charge is 0.255 e. The van der Waals surface area contributed by atoms with E-state index in [1.165, 1.54) is 0 Å². The highest BCUT2D eigenvalue weighted by molar-refractivity contribution is 6.06. The molecule has 1 aliphatic heterocycles. The Morgan fingerprint density at radius 1 is 1.08 bits per heavy atom. The number of hydrogen-bond acceptors (Lipinski definition) is 4. The number of carbonyl (C=O) groups is 1. The lowest BCUT2D eigenvalue weighted by atomic mass is 10.1. The predicted molar refractivity (Wildman–Crippen MR) is 109 cm³/mol. The Hall–Kier alpha value is -2.53. The van der Waals surface area contributed by atoms with Gasteiger partial charge in [-0.3, -0.25) is 4.79 Å². The summed E-state index contributed by atoms with van der Waals surface area (Å²) in [4.78, 5) is 17.4. The van der Waals surface area contributed by atoms with Crippen molar-refractivity contribution in [2.24, 2.45) is 0 Å². The second-order valence-corrected chi connectivity index (χ2v) is 6.97. The molecule has 0 unspecified atom stereocenters. The fourth-order valence-corrected chi connectivity index (χ4v) is 3.37. The van der Waals surface area contributed by atoms with E-state index in [-0.39, 0.29) is 5.91 Å². The fourth-order valence-electron chi connectivity index (χ4n) is 3.37. The SMILES string of the molecule is CCN1CCN(c2cc(NC(=O)c3ccc(C)cc3)c(N)cc2C)CC1. The number of piperazine rings is 1. The van der Waals surface area contributed by atoms with E-state index in [9.17, 15) is 4.79 Å². The lowest BCUT2D eigenvalue weighted by molar-refractivity contribution is 0.102. The predicted octanol–water partition coefficient (Wildman–Crippen LogP) is 3.28. The Balaban J connectivity index is 1.79. The molecule has 26 heavy (non-hydrogen) atoms. The molecule has 0 radical (unpaired) electrons. The molecule has 3 N–H and O–H groups in total. The number of nitrogen functional groups attached to an aromatic ring is 1. The van der Waals surface area contributed by atoms with E-state index in [2.05, 4.69) is 29.0 Å². The number of nitrogens with two attached hydrogens (primary N) is 1. The molecule has 1 amide bonds. The third-order valence-corrected chi connectivity index (χ3v) is 5.09. The molecule has 0 aromatic heterocycles. The number of rotatable bonds is 4. The number of carbonyl (C=O) groups excluding carboxylic acids is 1. The molecule has 3 rings (SSSR count). The van der Waals surface area contributed by atoms with Crippen LogP contribution < -0.4 is 16.0 Å². The molecule has 2 aromatic rings. The molecule has 5 heteroatoms. The van der Waals surface area contributed by atoms with Gasteiger partial charge in [0.1, 0.15) is 0 Å². The van der Waals surface area contributed by atoms with Gasteiger partial charge >= 0.3 is 0 Å². The Morgan fingerprint density at radius 3 is 2.35 bits per heavy atom. The van der Waals surface area contributed by atoms with Crippen LogP contribution in [0.25, 0.3) is 0 Å². The molecule has 5 nitrogen and oxygen atoms in total. The number of nitrogens with zero attached hydrogens (tertiary/aromatic N) is 2. The summed E-state index contributed by atoms with van der Waals surface area (Å²) in [6, 6.07) is 11.5. The lowest BCUT2D eigenvalue weighted by Gasteiger charge is -2.36. The van der Waals surface area contributed by atoms with Crippen molar-refractivity contribution in [1.82, 2.24) is 4.90 Å². The molecule has 0 spiro atoms. The Morgan fingerprint density at radius 2 is 1.73 bits per heavy atom. The van der Waals surface area contributed by atoms with Gasteiger partial charge in [-0.05, 0) is 50.2 Å². The molecule has 0 saturated carbocycles. The summed E-state index contributed by atoms with van der Waals surface area (Å²) < 4.78 is 0. The highest BCUT2D eigenvalue weighted by Crippen LogP contribution is 2.30. The summed E-state index contributed by atoms with van der Waals surface area (Å²) in [5.74, 6) is -0.137. The van der Waals surface area contributed by atoms with Gasteiger partial charge in [-0.2, -0.15) is 0 Å². The van der Waals surface area contributed by atoms with Gasteiger partial charge < -0.3 is 20.9 Å². The summed E-state index contributed by atoms with van der Waals surface area (Å²) in [7, 11) is 0. The molecule has 1 saturated heterocycles. The second-order valence-electron chi connectivity index (χ2n) is 6.97. The van der Waals surface area contributed by atoms with Gasteiger partial charge in [0, 0.05) is 37.4 Å². The van der Waals surface area contributed by atoms with E-state index in [0.29, 0.717) is 16.9 Å². The van der Waals surface area contributed by atoms with Crippen LogP contribution >= 0.6 is 0 Å². The van der Waals surface area contributed by atoms with Gasteiger partial charge in [-0.1, -0.05) is 24.6 Å². The van der Waals surface area contributed by atoms with E-state index in [4.69, 9.17) is 5.73 Å². The van der Waals surface area contributed by atoms with Crippen LogP contribution in [0, 0.1) is 13.8 Å². The molecule has 1 heterocycles. The Kier molecular flexibility index (Phi) is 5.47. The van der Waals surface area contributed by atoms with E-state index in [1.54, 1.807) is 0 Å². The molecule has 0 atom stereocenters. The molecule has 2 aromatic carbocycles. The lowest BCUT2D eigenvalue weighted by Crippen LogP contribution is -2.46. The number of aryl methyl sites for hydroxylation is 2. The molecule has 0 aliphatic carbocycles. The summed E-state index contributed by atoms with van der Waals surface area (Å²) >= 11 is 0. The zero-order chi connectivity index (χ0) is 18.7. The van der Waals surface area contributed by atoms with Crippen molar-refractivity contribution in [3.05, 3.63) is 53.1 Å².